The summed E-state index contributed by atoms with van der Waals surface area (Å²) in [6.45, 7) is 3.83. The van der Waals surface area contributed by atoms with Crippen molar-refractivity contribution in [2.45, 2.75) is 31.1 Å². The molecule has 0 bridgehead atoms. The fourth-order valence-electron chi connectivity index (χ4n) is 2.38. The van der Waals surface area contributed by atoms with Crippen LogP contribution < -0.4 is 5.32 Å². The highest BCUT2D eigenvalue weighted by Gasteiger charge is 2.15. The lowest BCUT2D eigenvalue weighted by Gasteiger charge is -2.10. The van der Waals surface area contributed by atoms with Crippen LogP contribution in [0.1, 0.15) is 31.7 Å². The van der Waals surface area contributed by atoms with Crippen LogP contribution in [0.3, 0.4) is 0 Å². The summed E-state index contributed by atoms with van der Waals surface area (Å²) in [7, 11) is 0. The van der Waals surface area contributed by atoms with E-state index in [1.807, 2.05) is 24.3 Å². The van der Waals surface area contributed by atoms with Crippen molar-refractivity contribution in [3.8, 4) is 0 Å². The van der Waals surface area contributed by atoms with Gasteiger partial charge >= 0.3 is 5.97 Å². The molecule has 148 valence electrons. The first-order chi connectivity index (χ1) is 13.4. The molecule has 2 aromatic rings. The Morgan fingerprint density at radius 3 is 2.50 bits per heavy atom. The van der Waals surface area contributed by atoms with Crippen molar-refractivity contribution < 1.29 is 19.2 Å². The Labute approximate surface area is 167 Å². The summed E-state index contributed by atoms with van der Waals surface area (Å²) in [5.74, 6) is -0.740. The number of ether oxygens (including phenoxy) is 1. The van der Waals surface area contributed by atoms with Crippen molar-refractivity contribution in [1.29, 1.82) is 0 Å². The van der Waals surface area contributed by atoms with E-state index >= 15 is 0 Å². The van der Waals surface area contributed by atoms with Crippen LogP contribution >= 0.6 is 11.8 Å². The molecule has 0 unspecified atom stereocenters. The van der Waals surface area contributed by atoms with Crippen LogP contribution in [0.25, 0.3) is 0 Å². The molecule has 1 N–H and O–H groups in total. The maximum atomic E-state index is 11.9. The predicted molar refractivity (Wildman–Crippen MR) is 109 cm³/mol. The Bertz CT molecular complexity index is 839. The number of nitrogens with one attached hydrogen (secondary N) is 1. The Morgan fingerprint density at radius 1 is 1.18 bits per heavy atom. The minimum absolute atomic E-state index is 0.0705. The van der Waals surface area contributed by atoms with E-state index in [1.54, 1.807) is 18.2 Å². The van der Waals surface area contributed by atoms with E-state index in [0.717, 1.165) is 18.2 Å². The lowest BCUT2D eigenvalue weighted by molar-refractivity contribution is -0.387. The third-order valence-electron chi connectivity index (χ3n) is 4.15. The first-order valence-corrected chi connectivity index (χ1v) is 9.81. The quantitative estimate of drug-likeness (QED) is 0.289. The van der Waals surface area contributed by atoms with Gasteiger partial charge in [0.1, 0.15) is 0 Å². The van der Waals surface area contributed by atoms with Gasteiger partial charge in [-0.05, 0) is 36.1 Å². The zero-order valence-electron chi connectivity index (χ0n) is 15.7. The van der Waals surface area contributed by atoms with Gasteiger partial charge in [0.2, 0.25) is 0 Å². The second-order valence-electron chi connectivity index (χ2n) is 6.15. The summed E-state index contributed by atoms with van der Waals surface area (Å²) >= 11 is 0.998. The van der Waals surface area contributed by atoms with Crippen molar-refractivity contribution in [3.63, 3.8) is 0 Å². The molecule has 0 saturated heterocycles. The van der Waals surface area contributed by atoms with E-state index in [2.05, 4.69) is 19.2 Å². The zero-order chi connectivity index (χ0) is 20.5. The average molecular weight is 402 g/mol. The van der Waals surface area contributed by atoms with Gasteiger partial charge in [0.25, 0.3) is 11.6 Å². The predicted octanol–water partition coefficient (Wildman–Crippen LogP) is 4.38. The minimum atomic E-state index is -0.620. The smallest absolute Gasteiger partial charge is 0.316 e. The van der Waals surface area contributed by atoms with Gasteiger partial charge in [-0.25, -0.2) is 0 Å². The number of rotatable bonds is 9. The second-order valence-corrected chi connectivity index (χ2v) is 7.17. The third kappa shape index (κ3) is 6.38. The molecule has 0 aliphatic rings. The Hall–Kier alpha value is -2.87. The fraction of sp³-hybridized carbons (Fsp3) is 0.300. The summed E-state index contributed by atoms with van der Waals surface area (Å²) in [6, 6.07) is 13.7. The number of hydrogen-bond acceptors (Lipinski definition) is 6. The van der Waals surface area contributed by atoms with Crippen LogP contribution in [-0.2, 0) is 14.3 Å². The van der Waals surface area contributed by atoms with E-state index < -0.39 is 23.4 Å². The SMILES string of the molecule is CC[C@@H](C)c1ccc(NC(=O)COC(=O)CSc2ccccc2[N+](=O)[O-])cc1. The van der Waals surface area contributed by atoms with Crippen molar-refractivity contribution >= 4 is 35.0 Å². The van der Waals surface area contributed by atoms with Crippen molar-refractivity contribution in [1.82, 2.24) is 0 Å². The van der Waals surface area contributed by atoms with E-state index in [1.165, 1.54) is 11.6 Å². The molecule has 8 heteroatoms. The van der Waals surface area contributed by atoms with Crippen LogP contribution in [0.5, 0.6) is 0 Å². The molecule has 7 nitrogen and oxygen atoms in total. The van der Waals surface area contributed by atoms with Gasteiger partial charge < -0.3 is 10.1 Å². The maximum absolute atomic E-state index is 11.9. The maximum Gasteiger partial charge on any atom is 0.316 e. The summed E-state index contributed by atoms with van der Waals surface area (Å²) in [5.41, 5.74) is 1.75. The highest BCUT2D eigenvalue weighted by atomic mass is 32.2. The summed E-state index contributed by atoms with van der Waals surface area (Å²) in [5, 5.41) is 13.6. The first-order valence-electron chi connectivity index (χ1n) is 8.82. The molecular weight excluding hydrogens is 380 g/mol. The molecule has 0 saturated carbocycles. The number of nitro groups is 1. The Balaban J connectivity index is 1.78. The Kier molecular flexibility index (Phi) is 8.01. The van der Waals surface area contributed by atoms with Crippen LogP contribution in [0.15, 0.2) is 53.4 Å². The summed E-state index contributed by atoms with van der Waals surface area (Å²) in [4.78, 5) is 34.6. The number of nitro benzene ring substituents is 1. The normalized spacial score (nSPS) is 11.5. The average Bonchev–Trinajstić information content (AvgIpc) is 2.70. The van der Waals surface area contributed by atoms with Gasteiger partial charge in [-0.2, -0.15) is 0 Å². The largest absolute Gasteiger partial charge is 0.455 e. The van der Waals surface area contributed by atoms with E-state index in [9.17, 15) is 19.7 Å². The highest BCUT2D eigenvalue weighted by Crippen LogP contribution is 2.28. The molecule has 0 spiro atoms. The molecular formula is C20H22N2O5S. The van der Waals surface area contributed by atoms with Crippen LogP contribution in [-0.4, -0.2) is 29.2 Å². The van der Waals surface area contributed by atoms with Crippen molar-refractivity contribution in [3.05, 3.63) is 64.2 Å². The van der Waals surface area contributed by atoms with Gasteiger partial charge in [-0.3, -0.25) is 19.7 Å². The second kappa shape index (κ2) is 10.5. The third-order valence-corrected chi connectivity index (χ3v) is 5.18. The molecule has 0 radical (unpaired) electrons. The number of benzene rings is 2. The molecule has 0 fully saturated rings. The van der Waals surface area contributed by atoms with E-state index in [0.29, 0.717) is 16.5 Å². The lowest BCUT2D eigenvalue weighted by Crippen LogP contribution is -2.21. The lowest BCUT2D eigenvalue weighted by atomic mass is 9.99. The molecule has 1 amide bonds. The number of amides is 1. The number of para-hydroxylation sites is 1. The molecule has 28 heavy (non-hydrogen) atoms. The van der Waals surface area contributed by atoms with E-state index in [-0.39, 0.29) is 11.4 Å². The van der Waals surface area contributed by atoms with Gasteiger partial charge in [0, 0.05) is 11.8 Å². The highest BCUT2D eigenvalue weighted by molar-refractivity contribution is 8.00. The van der Waals surface area contributed by atoms with Gasteiger partial charge in [0.15, 0.2) is 6.61 Å². The van der Waals surface area contributed by atoms with Crippen molar-refractivity contribution in [2.75, 3.05) is 17.7 Å². The molecule has 2 rings (SSSR count). The molecule has 1 atom stereocenters. The van der Waals surface area contributed by atoms with Crippen LogP contribution in [0, 0.1) is 10.1 Å². The number of thioether (sulfide) groups is 1. The number of nitrogens with zero attached hydrogens (tertiary/aromatic N) is 1. The summed E-state index contributed by atoms with van der Waals surface area (Å²) in [6.07, 6.45) is 1.03. The monoisotopic (exact) mass is 402 g/mol. The van der Waals surface area contributed by atoms with Gasteiger partial charge in [0.05, 0.1) is 15.6 Å². The first kappa shape index (κ1) is 21.4. The molecule has 0 aliphatic heterocycles. The number of hydrogen-bond donors (Lipinski definition) is 1. The molecule has 2 aromatic carbocycles. The molecule has 0 aliphatic carbocycles. The zero-order valence-corrected chi connectivity index (χ0v) is 16.5. The number of carbonyl (C=O) groups excluding carboxylic acids is 2. The summed E-state index contributed by atoms with van der Waals surface area (Å²) < 4.78 is 4.94. The standard InChI is InChI=1S/C20H22N2O5S/c1-3-14(2)15-8-10-16(11-9-15)21-19(23)12-27-20(24)13-28-18-7-5-4-6-17(18)22(25)26/h4-11,14H,3,12-13H2,1-2H3,(H,21,23)/t14-/m1/s1. The van der Waals surface area contributed by atoms with Crippen molar-refractivity contribution in [2.24, 2.45) is 0 Å². The van der Waals surface area contributed by atoms with Gasteiger partial charge in [-0.15, -0.1) is 11.8 Å². The Morgan fingerprint density at radius 2 is 1.86 bits per heavy atom. The van der Waals surface area contributed by atoms with Crippen LogP contribution in [0.2, 0.25) is 0 Å². The minimum Gasteiger partial charge on any atom is -0.455 e. The van der Waals surface area contributed by atoms with E-state index in [4.69, 9.17) is 4.74 Å². The van der Waals surface area contributed by atoms with Gasteiger partial charge in [-0.1, -0.05) is 38.1 Å². The fourth-order valence-corrected chi connectivity index (χ4v) is 3.20. The number of anilines is 1. The van der Waals surface area contributed by atoms with Crippen LogP contribution in [0.4, 0.5) is 11.4 Å². The number of carbonyl (C=O) groups is 2. The molecule has 0 heterocycles. The molecule has 0 aromatic heterocycles. The topological polar surface area (TPSA) is 98.5 Å². The number of esters is 1.